The van der Waals surface area contributed by atoms with Gasteiger partial charge in [0.05, 0.1) is 0 Å². The van der Waals surface area contributed by atoms with Crippen LogP contribution >= 0.6 is 0 Å². The third-order valence-electron chi connectivity index (χ3n) is 2.82. The van der Waals surface area contributed by atoms with Crippen LogP contribution in [0.5, 0.6) is 0 Å². The molecule has 1 aromatic carbocycles. The molecule has 3 N–H and O–H groups in total. The first-order chi connectivity index (χ1) is 8.74. The molecule has 1 amide bonds. The van der Waals surface area contributed by atoms with Crippen molar-refractivity contribution in [2.45, 2.75) is 13.0 Å². The van der Waals surface area contributed by atoms with E-state index in [9.17, 15) is 4.79 Å². The smallest absolute Gasteiger partial charge is 0.333 e. The maximum atomic E-state index is 10.4. The molecule has 0 fully saturated rings. The largest absolute Gasteiger partial charge is 0.428 e. The molecule has 1 aliphatic rings. The molecule has 1 aliphatic heterocycles. The summed E-state index contributed by atoms with van der Waals surface area (Å²) in [5, 5.41) is 0. The van der Waals surface area contributed by atoms with Gasteiger partial charge in [-0.05, 0) is 11.6 Å². The van der Waals surface area contributed by atoms with Crippen molar-refractivity contribution in [2.75, 3.05) is 13.1 Å². The van der Waals surface area contributed by atoms with Crippen molar-refractivity contribution in [3.05, 3.63) is 47.7 Å². The van der Waals surface area contributed by atoms with Crippen LogP contribution in [0, 0.1) is 0 Å². The number of nitrogens with zero attached hydrogens (tertiary/aromatic N) is 1. The number of carbonyl (C=O) groups is 1. The zero-order chi connectivity index (χ0) is 12.8. The number of nitrogens with two attached hydrogens (primary N) is 1. The van der Waals surface area contributed by atoms with Crippen molar-refractivity contribution in [1.82, 2.24) is 10.4 Å². The van der Waals surface area contributed by atoms with E-state index in [-0.39, 0.29) is 0 Å². The maximum absolute atomic E-state index is 10.4. The van der Waals surface area contributed by atoms with Crippen LogP contribution in [-0.4, -0.2) is 24.1 Å². The number of hydrogen-bond acceptors (Lipinski definition) is 4. The Balaban J connectivity index is 1.81. The summed E-state index contributed by atoms with van der Waals surface area (Å²) in [4.78, 5) is 17.3. The van der Waals surface area contributed by atoms with Crippen molar-refractivity contribution < 1.29 is 9.63 Å². The number of benzene rings is 1. The Morgan fingerprint density at radius 2 is 2.17 bits per heavy atom. The summed E-state index contributed by atoms with van der Waals surface area (Å²) in [7, 11) is 0. The zero-order valence-corrected chi connectivity index (χ0v) is 10.1. The van der Waals surface area contributed by atoms with Gasteiger partial charge in [-0.2, -0.15) is 0 Å². The number of carbonyl (C=O) groups excluding carboxylic acids is 1. The van der Waals surface area contributed by atoms with Gasteiger partial charge < -0.3 is 10.6 Å². The molecule has 1 aromatic rings. The number of hydrogen-bond donors (Lipinski definition) is 2. The molecule has 0 unspecified atom stereocenters. The predicted octanol–water partition coefficient (Wildman–Crippen LogP) is 1.38. The third-order valence-corrected chi connectivity index (χ3v) is 2.82. The maximum Gasteiger partial charge on any atom is 0.428 e. The number of rotatable bonds is 4. The summed E-state index contributed by atoms with van der Waals surface area (Å²) in [5.74, 6) is 0. The fraction of sp³-hybridized carbons (Fsp3) is 0.308. The SMILES string of the molecule is NC(=O)ONC1=CCN(Cc2ccccc2)CC1. The monoisotopic (exact) mass is 247 g/mol. The second-order valence-corrected chi connectivity index (χ2v) is 4.22. The first-order valence-electron chi connectivity index (χ1n) is 5.91. The molecule has 0 atom stereocenters. The van der Waals surface area contributed by atoms with Gasteiger partial charge in [0.25, 0.3) is 0 Å². The Morgan fingerprint density at radius 3 is 2.78 bits per heavy atom. The minimum atomic E-state index is -0.817. The van der Waals surface area contributed by atoms with Gasteiger partial charge in [0.15, 0.2) is 0 Å². The average Bonchev–Trinajstić information content (AvgIpc) is 2.39. The van der Waals surface area contributed by atoms with Gasteiger partial charge in [0.2, 0.25) is 0 Å². The van der Waals surface area contributed by atoms with E-state index in [1.165, 1.54) is 5.56 Å². The number of nitrogens with one attached hydrogen (secondary N) is 1. The van der Waals surface area contributed by atoms with Crippen LogP contribution in [0.2, 0.25) is 0 Å². The molecule has 0 radical (unpaired) electrons. The van der Waals surface area contributed by atoms with E-state index in [0.717, 1.165) is 31.8 Å². The van der Waals surface area contributed by atoms with Crippen LogP contribution in [0.3, 0.4) is 0 Å². The molecule has 5 nitrogen and oxygen atoms in total. The minimum Gasteiger partial charge on any atom is -0.333 e. The highest BCUT2D eigenvalue weighted by Crippen LogP contribution is 2.11. The minimum absolute atomic E-state index is 0.817. The van der Waals surface area contributed by atoms with Crippen molar-refractivity contribution in [3.63, 3.8) is 0 Å². The Hall–Kier alpha value is -2.01. The molecule has 0 spiro atoms. The molecular formula is C13H17N3O2. The van der Waals surface area contributed by atoms with Gasteiger partial charge in [-0.25, -0.2) is 10.3 Å². The Morgan fingerprint density at radius 1 is 1.39 bits per heavy atom. The number of primary amides is 1. The topological polar surface area (TPSA) is 67.6 Å². The quantitative estimate of drug-likeness (QED) is 0.789. The molecule has 96 valence electrons. The first-order valence-corrected chi connectivity index (χ1v) is 5.91. The number of hydroxylamine groups is 1. The van der Waals surface area contributed by atoms with Gasteiger partial charge in [-0.3, -0.25) is 4.90 Å². The molecule has 0 saturated heterocycles. The molecule has 0 saturated carbocycles. The van der Waals surface area contributed by atoms with E-state index in [1.807, 2.05) is 24.3 Å². The van der Waals surface area contributed by atoms with Crippen LogP contribution in [0.15, 0.2) is 42.1 Å². The van der Waals surface area contributed by atoms with Gasteiger partial charge in [-0.15, -0.1) is 0 Å². The second kappa shape index (κ2) is 6.07. The lowest BCUT2D eigenvalue weighted by Gasteiger charge is -2.26. The van der Waals surface area contributed by atoms with E-state index < -0.39 is 6.09 Å². The Labute approximate surface area is 106 Å². The predicted molar refractivity (Wildman–Crippen MR) is 68.2 cm³/mol. The first kappa shape index (κ1) is 12.4. The lowest BCUT2D eigenvalue weighted by Crippen LogP contribution is -2.33. The summed E-state index contributed by atoms with van der Waals surface area (Å²) < 4.78 is 0. The van der Waals surface area contributed by atoms with Gasteiger partial charge in [0, 0.05) is 31.8 Å². The summed E-state index contributed by atoms with van der Waals surface area (Å²) >= 11 is 0. The van der Waals surface area contributed by atoms with E-state index in [0.29, 0.717) is 0 Å². The standard InChI is InChI=1S/C13H17N3O2/c14-13(17)18-15-12-6-8-16(9-7-12)10-11-4-2-1-3-5-11/h1-6,15H,7-10H2,(H2,14,17). The fourth-order valence-corrected chi connectivity index (χ4v) is 1.90. The van der Waals surface area contributed by atoms with Crippen molar-refractivity contribution in [3.8, 4) is 0 Å². The summed E-state index contributed by atoms with van der Waals surface area (Å²) in [6.45, 7) is 2.69. The molecule has 5 heteroatoms. The van der Waals surface area contributed by atoms with Gasteiger partial charge in [0.1, 0.15) is 0 Å². The van der Waals surface area contributed by atoms with Crippen LogP contribution in [0.1, 0.15) is 12.0 Å². The summed E-state index contributed by atoms with van der Waals surface area (Å²) in [5.41, 5.74) is 9.65. The molecule has 2 rings (SSSR count). The van der Waals surface area contributed by atoms with Gasteiger partial charge >= 0.3 is 6.09 Å². The zero-order valence-electron chi connectivity index (χ0n) is 10.1. The molecule has 0 aromatic heterocycles. The summed E-state index contributed by atoms with van der Waals surface area (Å²) in [6.07, 6.45) is 2.01. The lowest BCUT2D eigenvalue weighted by molar-refractivity contribution is 0.110. The molecule has 0 aliphatic carbocycles. The van der Waals surface area contributed by atoms with Gasteiger partial charge in [-0.1, -0.05) is 30.3 Å². The molecule has 1 heterocycles. The lowest BCUT2D eigenvalue weighted by atomic mass is 10.1. The molecular weight excluding hydrogens is 230 g/mol. The Bertz CT molecular complexity index is 431. The molecule has 18 heavy (non-hydrogen) atoms. The van der Waals surface area contributed by atoms with Crippen LogP contribution in [-0.2, 0) is 11.4 Å². The number of amides is 1. The van der Waals surface area contributed by atoms with Crippen molar-refractivity contribution in [1.29, 1.82) is 0 Å². The molecule has 0 bridgehead atoms. The normalized spacial score (nSPS) is 15.9. The van der Waals surface area contributed by atoms with E-state index >= 15 is 0 Å². The van der Waals surface area contributed by atoms with E-state index in [2.05, 4.69) is 27.4 Å². The Kier molecular flexibility index (Phi) is 4.20. The second-order valence-electron chi connectivity index (χ2n) is 4.22. The summed E-state index contributed by atoms with van der Waals surface area (Å²) in [6, 6.07) is 10.3. The third kappa shape index (κ3) is 3.78. The highest BCUT2D eigenvalue weighted by molar-refractivity contribution is 5.64. The van der Waals surface area contributed by atoms with Crippen molar-refractivity contribution >= 4 is 6.09 Å². The van der Waals surface area contributed by atoms with E-state index in [1.54, 1.807) is 0 Å². The van der Waals surface area contributed by atoms with Crippen LogP contribution in [0.25, 0.3) is 0 Å². The fourth-order valence-electron chi connectivity index (χ4n) is 1.90. The highest BCUT2D eigenvalue weighted by Gasteiger charge is 2.12. The van der Waals surface area contributed by atoms with Crippen molar-refractivity contribution in [2.24, 2.45) is 5.73 Å². The van der Waals surface area contributed by atoms with E-state index in [4.69, 9.17) is 5.73 Å². The van der Waals surface area contributed by atoms with Crippen LogP contribution in [0.4, 0.5) is 4.79 Å². The highest BCUT2D eigenvalue weighted by atomic mass is 16.7. The average molecular weight is 247 g/mol. The van der Waals surface area contributed by atoms with Crippen LogP contribution < -0.4 is 11.2 Å².